The molecule has 0 aliphatic carbocycles. The van der Waals surface area contributed by atoms with Gasteiger partial charge in [-0.2, -0.15) is 0 Å². The highest BCUT2D eigenvalue weighted by molar-refractivity contribution is 5.96. The maximum atomic E-state index is 12.6. The number of carbonyl (C=O) groups is 1. The lowest BCUT2D eigenvalue weighted by Crippen LogP contribution is -2.44. The highest BCUT2D eigenvalue weighted by atomic mass is 16.5. The summed E-state index contributed by atoms with van der Waals surface area (Å²) in [6.45, 7) is 12.1. The molecule has 0 aromatic carbocycles. The molecule has 156 valence electrons. The average Bonchev–Trinajstić information content (AvgIpc) is 3.02. The van der Waals surface area contributed by atoms with Gasteiger partial charge in [-0.3, -0.25) is 4.79 Å². The molecule has 2 aromatic heterocycles. The summed E-state index contributed by atoms with van der Waals surface area (Å²) in [4.78, 5) is 12.6. The van der Waals surface area contributed by atoms with Crippen molar-refractivity contribution in [2.45, 2.75) is 53.6 Å². The van der Waals surface area contributed by atoms with Crippen LogP contribution in [0.2, 0.25) is 0 Å². The maximum absolute atomic E-state index is 12.6. The molecule has 5 heteroatoms. The fourth-order valence-electron chi connectivity index (χ4n) is 3.37. The summed E-state index contributed by atoms with van der Waals surface area (Å²) in [7, 11) is 0. The predicted molar refractivity (Wildman–Crippen MR) is 112 cm³/mol. The Hall–Kier alpha value is -2.11. The van der Waals surface area contributed by atoms with Crippen LogP contribution < -0.4 is 9.13 Å². The molecule has 29 heavy (non-hydrogen) atoms. The van der Waals surface area contributed by atoms with Crippen LogP contribution in [0.3, 0.4) is 0 Å². The molecule has 1 aliphatic rings. The Balaban J connectivity index is 1.40. The lowest BCUT2D eigenvalue weighted by atomic mass is 9.93. The van der Waals surface area contributed by atoms with Crippen LogP contribution in [0, 0.1) is 12.3 Å². The van der Waals surface area contributed by atoms with Crippen LogP contribution in [0.15, 0.2) is 36.7 Å². The first-order valence-corrected chi connectivity index (χ1v) is 10.6. The van der Waals surface area contributed by atoms with Crippen LogP contribution in [0.5, 0.6) is 0 Å². The molecule has 0 spiro atoms. The molecular formula is C24H34N2O3+2. The van der Waals surface area contributed by atoms with E-state index in [2.05, 4.69) is 55.2 Å². The van der Waals surface area contributed by atoms with Crippen molar-refractivity contribution in [3.63, 3.8) is 0 Å². The molecule has 0 fully saturated rings. The van der Waals surface area contributed by atoms with Crippen molar-refractivity contribution in [3.8, 4) is 11.4 Å². The van der Waals surface area contributed by atoms with Crippen LogP contribution in [-0.2, 0) is 16.1 Å². The van der Waals surface area contributed by atoms with Gasteiger partial charge in [0, 0.05) is 49.5 Å². The van der Waals surface area contributed by atoms with Crippen LogP contribution >= 0.6 is 0 Å². The van der Waals surface area contributed by atoms with Crippen molar-refractivity contribution in [2.24, 2.45) is 5.41 Å². The van der Waals surface area contributed by atoms with Crippen LogP contribution in [0.1, 0.15) is 56.0 Å². The van der Waals surface area contributed by atoms with Crippen molar-refractivity contribution >= 4 is 5.78 Å². The fourth-order valence-corrected chi connectivity index (χ4v) is 3.37. The van der Waals surface area contributed by atoms with Crippen LogP contribution in [0.4, 0.5) is 0 Å². The van der Waals surface area contributed by atoms with Gasteiger partial charge in [-0.25, -0.2) is 0 Å². The number of hydrogen-bond acceptors (Lipinski definition) is 3. The molecule has 3 rings (SSSR count). The van der Waals surface area contributed by atoms with Gasteiger partial charge in [0.1, 0.15) is 0 Å². The van der Waals surface area contributed by atoms with Crippen molar-refractivity contribution < 1.29 is 23.4 Å². The van der Waals surface area contributed by atoms with E-state index in [4.69, 9.17) is 9.47 Å². The Morgan fingerprint density at radius 2 is 1.62 bits per heavy atom. The zero-order valence-corrected chi connectivity index (χ0v) is 18.2. The average molecular weight is 399 g/mol. The summed E-state index contributed by atoms with van der Waals surface area (Å²) in [6.07, 6.45) is 6.39. The molecule has 0 N–H and O–H groups in total. The van der Waals surface area contributed by atoms with E-state index in [1.165, 1.54) is 5.56 Å². The fraction of sp³-hybridized carbons (Fsp3) is 0.542. The molecule has 0 bridgehead atoms. The molecule has 0 saturated carbocycles. The molecule has 0 amide bonds. The van der Waals surface area contributed by atoms with Crippen molar-refractivity contribution in [1.29, 1.82) is 0 Å². The Morgan fingerprint density at radius 3 is 2.34 bits per heavy atom. The number of hydrogen-bond donors (Lipinski definition) is 0. The molecular weight excluding hydrogens is 364 g/mol. The lowest BCUT2D eigenvalue weighted by molar-refractivity contribution is -0.877. The van der Waals surface area contributed by atoms with E-state index in [9.17, 15) is 4.79 Å². The first kappa shape index (κ1) is 21.6. The van der Waals surface area contributed by atoms with Crippen molar-refractivity contribution in [3.05, 3.63) is 47.8 Å². The highest BCUT2D eigenvalue weighted by Gasteiger charge is 2.33. The summed E-state index contributed by atoms with van der Waals surface area (Å²) in [5, 5.41) is 0. The Labute approximate surface area is 174 Å². The molecule has 2 aromatic rings. The Bertz CT molecular complexity index is 856. The van der Waals surface area contributed by atoms with E-state index in [0.29, 0.717) is 31.7 Å². The van der Waals surface area contributed by atoms with Gasteiger partial charge >= 0.3 is 6.67 Å². The molecule has 3 heterocycles. The topological polar surface area (TPSA) is 43.3 Å². The molecule has 0 atom stereocenters. The minimum Gasteiger partial charge on any atom is -0.379 e. The summed E-state index contributed by atoms with van der Waals surface area (Å²) < 4.78 is 15.6. The van der Waals surface area contributed by atoms with Gasteiger partial charge < -0.3 is 9.47 Å². The standard InChI is InChI=1S/C24H34N2O3/c1-19-7-10-25-18-26-11-8-20(17-22(26)21(25)16-19)23(27)6-5-12-28-14-15-29-13-9-24(2,3)4/h7-8,10-11,16-17H,5-6,9,12-15,18H2,1-4H3/q+2. The largest absolute Gasteiger partial charge is 0.379 e. The number of nitrogens with zero attached hydrogens (tertiary/aromatic N) is 2. The van der Waals surface area contributed by atoms with Gasteiger partial charge in [0.05, 0.1) is 13.2 Å². The van der Waals surface area contributed by atoms with E-state index in [1.807, 2.05) is 18.3 Å². The second kappa shape index (κ2) is 9.59. The quantitative estimate of drug-likeness (QED) is 0.298. The highest BCUT2D eigenvalue weighted by Crippen LogP contribution is 2.19. The third kappa shape index (κ3) is 6.18. The molecule has 5 nitrogen and oxygen atoms in total. The van der Waals surface area contributed by atoms with E-state index in [1.54, 1.807) is 0 Å². The maximum Gasteiger partial charge on any atom is 0.345 e. The van der Waals surface area contributed by atoms with Gasteiger partial charge in [-0.15, -0.1) is 9.13 Å². The second-order valence-electron chi connectivity index (χ2n) is 9.03. The summed E-state index contributed by atoms with van der Waals surface area (Å²) in [6, 6.07) is 8.22. The van der Waals surface area contributed by atoms with Gasteiger partial charge in [0.2, 0.25) is 0 Å². The van der Waals surface area contributed by atoms with E-state index in [-0.39, 0.29) is 5.78 Å². The first-order chi connectivity index (χ1) is 13.8. The number of aryl methyl sites for hydroxylation is 1. The number of carbonyl (C=O) groups excluding carboxylic acids is 1. The van der Waals surface area contributed by atoms with Gasteiger partial charge in [0.15, 0.2) is 18.2 Å². The zero-order valence-electron chi connectivity index (χ0n) is 18.2. The molecule has 0 unspecified atom stereocenters. The molecule has 0 saturated heterocycles. The number of fused-ring (bicyclic) bond motifs is 3. The van der Waals surface area contributed by atoms with Gasteiger partial charge in [-0.05, 0) is 30.7 Å². The Morgan fingerprint density at radius 1 is 0.966 bits per heavy atom. The predicted octanol–water partition coefficient (Wildman–Crippen LogP) is 3.49. The van der Waals surface area contributed by atoms with Crippen molar-refractivity contribution in [2.75, 3.05) is 26.4 Å². The minimum absolute atomic E-state index is 0.171. The smallest absolute Gasteiger partial charge is 0.345 e. The molecule has 0 radical (unpaired) electrons. The lowest BCUT2D eigenvalue weighted by Gasteiger charge is -2.17. The van der Waals surface area contributed by atoms with Crippen LogP contribution in [0.25, 0.3) is 11.4 Å². The Kier molecular flexibility index (Phi) is 7.14. The summed E-state index contributed by atoms with van der Waals surface area (Å²) in [5.74, 6) is 0.171. The second-order valence-corrected chi connectivity index (χ2v) is 9.03. The monoisotopic (exact) mass is 398 g/mol. The summed E-state index contributed by atoms with van der Waals surface area (Å²) >= 11 is 0. The van der Waals surface area contributed by atoms with Crippen LogP contribution in [-0.4, -0.2) is 32.2 Å². The number of ether oxygens (including phenoxy) is 2. The normalized spacial score (nSPS) is 12.7. The minimum atomic E-state index is 0.171. The van der Waals surface area contributed by atoms with Gasteiger partial charge in [0.25, 0.3) is 11.4 Å². The summed E-state index contributed by atoms with van der Waals surface area (Å²) in [5.41, 5.74) is 4.56. The van der Waals surface area contributed by atoms with Gasteiger partial charge in [-0.1, -0.05) is 20.8 Å². The van der Waals surface area contributed by atoms with Crippen molar-refractivity contribution in [1.82, 2.24) is 0 Å². The van der Waals surface area contributed by atoms with E-state index < -0.39 is 0 Å². The number of Topliss-reactive ketones (excluding diaryl/α,β-unsaturated/α-hetero) is 1. The number of pyridine rings is 2. The number of rotatable bonds is 10. The zero-order chi connectivity index (χ0) is 20.9. The number of aromatic nitrogens is 2. The third-order valence-electron chi connectivity index (χ3n) is 5.18. The molecule has 1 aliphatic heterocycles. The third-order valence-corrected chi connectivity index (χ3v) is 5.18. The van der Waals surface area contributed by atoms with E-state index >= 15 is 0 Å². The first-order valence-electron chi connectivity index (χ1n) is 10.6. The SMILES string of the molecule is Cc1cc[n+]2c(c1)-c1cc(C(=O)CCCOCCOCCC(C)(C)C)cc[n+]1C2. The number of ketones is 1. The van der Waals surface area contributed by atoms with E-state index in [0.717, 1.165) is 43.1 Å².